The average molecular weight is 260 g/mol. The topological polar surface area (TPSA) is 102 Å². The maximum Gasteiger partial charge on any atom is 0.305 e. The Morgan fingerprint density at radius 1 is 1.59 bits per heavy atom. The van der Waals surface area contributed by atoms with Gasteiger partial charge in [-0.1, -0.05) is 11.6 Å². The van der Waals surface area contributed by atoms with Crippen LogP contribution in [0.5, 0.6) is 17.2 Å². The molecule has 1 atom stereocenters. The number of hydrogen-bond donors (Lipinski definition) is 3. The van der Waals surface area contributed by atoms with Crippen LogP contribution in [0.3, 0.4) is 0 Å². The van der Waals surface area contributed by atoms with Crippen molar-refractivity contribution in [2.24, 2.45) is 5.73 Å². The Morgan fingerprint density at radius 3 is 2.94 bits per heavy atom. The van der Waals surface area contributed by atoms with E-state index in [0.29, 0.717) is 5.75 Å². The molecule has 7 heteroatoms. The highest BCUT2D eigenvalue weighted by atomic mass is 35.5. The Hall–Kier alpha value is -1.66. The summed E-state index contributed by atoms with van der Waals surface area (Å²) in [4.78, 5) is 10.6. The zero-order chi connectivity index (χ0) is 12.6. The van der Waals surface area contributed by atoms with Gasteiger partial charge in [-0.15, -0.1) is 0 Å². The van der Waals surface area contributed by atoms with E-state index in [1.54, 1.807) is 0 Å². The first kappa shape index (κ1) is 11.8. The number of halogens is 1. The third-order valence-electron chi connectivity index (χ3n) is 2.39. The number of carbonyl (C=O) groups is 1. The van der Waals surface area contributed by atoms with Crippen molar-refractivity contribution < 1.29 is 24.5 Å². The number of rotatable bonds is 3. The van der Waals surface area contributed by atoms with Crippen LogP contribution in [0.1, 0.15) is 18.0 Å². The SMILES string of the molecule is NC(CC(=O)O)c1c(O)c(Cl)cc2c1OCO2. The van der Waals surface area contributed by atoms with Crippen molar-refractivity contribution in [1.82, 2.24) is 0 Å². The van der Waals surface area contributed by atoms with Crippen molar-refractivity contribution in [3.63, 3.8) is 0 Å². The number of carboxylic acids is 1. The third kappa shape index (κ3) is 2.09. The Balaban J connectivity index is 2.48. The van der Waals surface area contributed by atoms with E-state index >= 15 is 0 Å². The number of aliphatic carboxylic acids is 1. The summed E-state index contributed by atoms with van der Waals surface area (Å²) in [5.41, 5.74) is 5.86. The molecule has 92 valence electrons. The maximum atomic E-state index is 10.6. The number of nitrogens with two attached hydrogens (primary N) is 1. The lowest BCUT2D eigenvalue weighted by Gasteiger charge is -2.14. The van der Waals surface area contributed by atoms with E-state index < -0.39 is 12.0 Å². The van der Waals surface area contributed by atoms with Crippen LogP contribution in [-0.4, -0.2) is 23.0 Å². The summed E-state index contributed by atoms with van der Waals surface area (Å²) in [7, 11) is 0. The fraction of sp³-hybridized carbons (Fsp3) is 0.300. The normalized spacial score (nSPS) is 14.7. The van der Waals surface area contributed by atoms with Crippen molar-refractivity contribution in [2.75, 3.05) is 6.79 Å². The highest BCUT2D eigenvalue weighted by Gasteiger charge is 2.28. The fourth-order valence-electron chi connectivity index (χ4n) is 1.66. The first-order chi connectivity index (χ1) is 8.00. The van der Waals surface area contributed by atoms with Crippen LogP contribution >= 0.6 is 11.6 Å². The predicted octanol–water partition coefficient (Wildman–Crippen LogP) is 1.25. The number of fused-ring (bicyclic) bond motifs is 1. The number of hydrogen-bond acceptors (Lipinski definition) is 5. The van der Waals surface area contributed by atoms with Gasteiger partial charge in [0.15, 0.2) is 11.5 Å². The molecule has 1 unspecified atom stereocenters. The molecule has 0 saturated heterocycles. The molecule has 1 aliphatic rings. The first-order valence-electron chi connectivity index (χ1n) is 4.79. The second-order valence-electron chi connectivity index (χ2n) is 3.56. The van der Waals surface area contributed by atoms with Crippen LogP contribution < -0.4 is 15.2 Å². The number of benzene rings is 1. The summed E-state index contributed by atoms with van der Waals surface area (Å²) < 4.78 is 10.3. The minimum absolute atomic E-state index is 0.0120. The van der Waals surface area contributed by atoms with E-state index in [-0.39, 0.29) is 35.3 Å². The fourth-order valence-corrected chi connectivity index (χ4v) is 1.86. The van der Waals surface area contributed by atoms with Gasteiger partial charge in [0.05, 0.1) is 17.0 Å². The molecule has 0 amide bonds. The number of phenolic OH excluding ortho intramolecular Hbond substituents is 1. The molecule has 0 bridgehead atoms. The quantitative estimate of drug-likeness (QED) is 0.755. The first-order valence-corrected chi connectivity index (χ1v) is 5.17. The molecule has 1 aliphatic heterocycles. The lowest BCUT2D eigenvalue weighted by atomic mass is 10.0. The van der Waals surface area contributed by atoms with E-state index in [1.165, 1.54) is 6.07 Å². The molecule has 0 spiro atoms. The highest BCUT2D eigenvalue weighted by molar-refractivity contribution is 6.32. The smallest absolute Gasteiger partial charge is 0.305 e. The van der Waals surface area contributed by atoms with Gasteiger partial charge in [0.1, 0.15) is 5.75 Å². The minimum Gasteiger partial charge on any atom is -0.506 e. The van der Waals surface area contributed by atoms with Crippen molar-refractivity contribution in [3.8, 4) is 17.2 Å². The molecule has 0 radical (unpaired) electrons. The van der Waals surface area contributed by atoms with Crippen LogP contribution in [-0.2, 0) is 4.79 Å². The standard InChI is InChI=1S/C10H10ClNO5/c11-4-1-6-10(17-3-16-6)8(9(4)15)5(12)2-7(13)14/h1,5,15H,2-3,12H2,(H,13,14). The Labute approximate surface area is 102 Å². The van der Waals surface area contributed by atoms with Crippen LogP contribution in [0, 0.1) is 0 Å². The monoisotopic (exact) mass is 259 g/mol. The van der Waals surface area contributed by atoms with Gasteiger partial charge in [-0.2, -0.15) is 0 Å². The highest BCUT2D eigenvalue weighted by Crippen LogP contribution is 2.47. The molecule has 1 heterocycles. The van der Waals surface area contributed by atoms with Gasteiger partial charge in [-0.3, -0.25) is 4.79 Å². The summed E-state index contributed by atoms with van der Waals surface area (Å²) in [6, 6.07) is 0.484. The summed E-state index contributed by atoms with van der Waals surface area (Å²) in [5.74, 6) is -0.751. The Kier molecular flexibility index (Phi) is 2.99. The summed E-state index contributed by atoms with van der Waals surface area (Å²) in [6.07, 6.45) is -0.344. The Bertz CT molecular complexity index is 476. The maximum absolute atomic E-state index is 10.6. The number of ether oxygens (including phenoxy) is 2. The molecule has 17 heavy (non-hydrogen) atoms. The van der Waals surface area contributed by atoms with Crippen molar-refractivity contribution >= 4 is 17.6 Å². The second-order valence-corrected chi connectivity index (χ2v) is 3.97. The van der Waals surface area contributed by atoms with Crippen LogP contribution in [0.2, 0.25) is 5.02 Å². The van der Waals surface area contributed by atoms with Gasteiger partial charge in [0.2, 0.25) is 6.79 Å². The molecule has 1 aromatic rings. The van der Waals surface area contributed by atoms with Gasteiger partial charge in [-0.05, 0) is 0 Å². The van der Waals surface area contributed by atoms with Gasteiger partial charge in [0.25, 0.3) is 0 Å². The molecule has 0 fully saturated rings. The van der Waals surface area contributed by atoms with E-state index in [0.717, 1.165) is 0 Å². The summed E-state index contributed by atoms with van der Waals surface area (Å²) in [6.45, 7) is -0.0120. The number of carboxylic acid groups (broad SMARTS) is 1. The van der Waals surface area contributed by atoms with E-state index in [1.807, 2.05) is 0 Å². The molecular formula is C10H10ClNO5. The van der Waals surface area contributed by atoms with Crippen LogP contribution in [0.25, 0.3) is 0 Å². The molecule has 0 aliphatic carbocycles. The van der Waals surface area contributed by atoms with Crippen molar-refractivity contribution in [1.29, 1.82) is 0 Å². The van der Waals surface area contributed by atoms with Crippen molar-refractivity contribution in [2.45, 2.75) is 12.5 Å². The minimum atomic E-state index is -1.08. The van der Waals surface area contributed by atoms with Gasteiger partial charge in [0, 0.05) is 12.1 Å². The second kappa shape index (κ2) is 4.31. The molecular weight excluding hydrogens is 250 g/mol. The van der Waals surface area contributed by atoms with Gasteiger partial charge < -0.3 is 25.4 Å². The molecule has 6 nitrogen and oxygen atoms in total. The molecule has 2 rings (SSSR count). The third-order valence-corrected chi connectivity index (χ3v) is 2.68. The molecule has 4 N–H and O–H groups in total. The molecule has 1 aromatic carbocycles. The van der Waals surface area contributed by atoms with E-state index in [2.05, 4.69) is 0 Å². The average Bonchev–Trinajstić information content (AvgIpc) is 2.65. The molecule has 0 aromatic heterocycles. The lowest BCUT2D eigenvalue weighted by Crippen LogP contribution is -2.16. The van der Waals surface area contributed by atoms with Gasteiger partial charge >= 0.3 is 5.97 Å². The Morgan fingerprint density at radius 2 is 2.29 bits per heavy atom. The zero-order valence-electron chi connectivity index (χ0n) is 8.64. The van der Waals surface area contributed by atoms with Crippen LogP contribution in [0.15, 0.2) is 6.07 Å². The van der Waals surface area contributed by atoms with E-state index in [9.17, 15) is 9.90 Å². The van der Waals surface area contributed by atoms with E-state index in [4.69, 9.17) is 31.9 Å². The zero-order valence-corrected chi connectivity index (χ0v) is 9.40. The lowest BCUT2D eigenvalue weighted by molar-refractivity contribution is -0.137. The molecule has 0 saturated carbocycles. The number of aromatic hydroxyl groups is 1. The van der Waals surface area contributed by atoms with Gasteiger partial charge in [-0.25, -0.2) is 0 Å². The van der Waals surface area contributed by atoms with Crippen LogP contribution in [0.4, 0.5) is 0 Å². The number of phenols is 1. The summed E-state index contributed by atoms with van der Waals surface area (Å²) >= 11 is 5.79. The predicted molar refractivity (Wildman–Crippen MR) is 58.4 cm³/mol. The largest absolute Gasteiger partial charge is 0.506 e. The summed E-state index contributed by atoms with van der Waals surface area (Å²) in [5, 5.41) is 18.5. The van der Waals surface area contributed by atoms with Crippen molar-refractivity contribution in [3.05, 3.63) is 16.7 Å².